The summed E-state index contributed by atoms with van der Waals surface area (Å²) in [5.74, 6) is 0.593. The molecule has 1 saturated heterocycles. The molecule has 0 radical (unpaired) electrons. The number of rotatable bonds is 5. The van der Waals surface area contributed by atoms with Gasteiger partial charge < -0.3 is 19.8 Å². The lowest BCUT2D eigenvalue weighted by Gasteiger charge is -2.33. The molecule has 0 aliphatic carbocycles. The van der Waals surface area contributed by atoms with Gasteiger partial charge in [-0.1, -0.05) is 6.07 Å². The summed E-state index contributed by atoms with van der Waals surface area (Å²) in [6.45, 7) is 5.17. The van der Waals surface area contributed by atoms with Crippen molar-refractivity contribution >= 4 is 22.7 Å². The van der Waals surface area contributed by atoms with E-state index in [0.717, 1.165) is 54.6 Å². The Morgan fingerprint density at radius 3 is 2.74 bits per heavy atom. The van der Waals surface area contributed by atoms with Crippen LogP contribution in [0.15, 0.2) is 58.8 Å². The zero-order valence-corrected chi connectivity index (χ0v) is 18.2. The van der Waals surface area contributed by atoms with Gasteiger partial charge in [0.1, 0.15) is 5.49 Å². The van der Waals surface area contributed by atoms with Crippen LogP contribution in [0.2, 0.25) is 0 Å². The number of nitrogens with two attached hydrogens (primary N) is 1. The average Bonchev–Trinajstić information content (AvgIpc) is 2.80. The summed E-state index contributed by atoms with van der Waals surface area (Å²) in [6, 6.07) is 6.04. The van der Waals surface area contributed by atoms with Gasteiger partial charge in [-0.05, 0) is 56.0 Å². The molecule has 7 nitrogen and oxygen atoms in total. The Kier molecular flexibility index (Phi) is 6.32. The maximum absolute atomic E-state index is 13.1. The van der Waals surface area contributed by atoms with Gasteiger partial charge in [0.05, 0.1) is 17.3 Å². The van der Waals surface area contributed by atoms with Gasteiger partial charge in [0.25, 0.3) is 5.56 Å². The highest BCUT2D eigenvalue weighted by molar-refractivity contribution is 5.92. The van der Waals surface area contributed by atoms with Gasteiger partial charge in [0, 0.05) is 56.9 Å². The molecular formula is C24H30N6O. The molecule has 4 rings (SSSR count). The van der Waals surface area contributed by atoms with E-state index in [1.54, 1.807) is 17.8 Å². The Labute approximate surface area is 182 Å². The van der Waals surface area contributed by atoms with Crippen molar-refractivity contribution in [3.8, 4) is 0 Å². The van der Waals surface area contributed by atoms with Crippen LogP contribution in [-0.2, 0) is 6.54 Å². The van der Waals surface area contributed by atoms with Gasteiger partial charge in [-0.25, -0.2) is 0 Å². The van der Waals surface area contributed by atoms with E-state index >= 15 is 0 Å². The third-order valence-corrected chi connectivity index (χ3v) is 6.07. The van der Waals surface area contributed by atoms with Crippen molar-refractivity contribution in [2.75, 3.05) is 31.6 Å². The van der Waals surface area contributed by atoms with Crippen LogP contribution in [0.25, 0.3) is 17.0 Å². The molecule has 0 spiro atoms. The molecule has 0 aromatic carbocycles. The molecule has 0 atom stereocenters. The van der Waals surface area contributed by atoms with E-state index in [1.807, 2.05) is 60.6 Å². The lowest BCUT2D eigenvalue weighted by atomic mass is 9.96. The molecule has 162 valence electrons. The first-order valence-corrected chi connectivity index (χ1v) is 10.8. The van der Waals surface area contributed by atoms with Gasteiger partial charge in [-0.2, -0.15) is 0 Å². The van der Waals surface area contributed by atoms with E-state index in [0.29, 0.717) is 17.8 Å². The molecular weight excluding hydrogens is 388 g/mol. The van der Waals surface area contributed by atoms with Crippen LogP contribution in [-0.4, -0.2) is 40.8 Å². The number of aromatic nitrogens is 3. The van der Waals surface area contributed by atoms with Gasteiger partial charge in [-0.3, -0.25) is 14.8 Å². The first-order valence-electron chi connectivity index (χ1n) is 10.8. The Bertz CT molecular complexity index is 1210. The van der Waals surface area contributed by atoms with Gasteiger partial charge >= 0.3 is 0 Å². The van der Waals surface area contributed by atoms with Gasteiger partial charge in [0.2, 0.25) is 0 Å². The maximum Gasteiger partial charge on any atom is 0.260 e. The molecule has 7 heteroatoms. The number of anilines is 1. The van der Waals surface area contributed by atoms with Crippen LogP contribution in [0.1, 0.15) is 18.4 Å². The lowest BCUT2D eigenvalue weighted by Crippen LogP contribution is -2.36. The predicted molar refractivity (Wildman–Crippen MR) is 126 cm³/mol. The maximum atomic E-state index is 13.1. The summed E-state index contributed by atoms with van der Waals surface area (Å²) in [5.41, 5.74) is 8.85. The van der Waals surface area contributed by atoms with Crippen molar-refractivity contribution in [1.82, 2.24) is 14.1 Å². The highest BCUT2D eigenvalue weighted by atomic mass is 16.1. The van der Waals surface area contributed by atoms with Crippen molar-refractivity contribution < 1.29 is 0 Å². The molecule has 0 saturated carbocycles. The molecule has 2 N–H and O–H groups in total. The van der Waals surface area contributed by atoms with E-state index in [1.165, 1.54) is 0 Å². The third-order valence-electron chi connectivity index (χ3n) is 6.07. The molecule has 1 aliphatic rings. The van der Waals surface area contributed by atoms with Crippen molar-refractivity contribution in [2.24, 2.45) is 16.6 Å². The highest BCUT2D eigenvalue weighted by Gasteiger charge is 2.20. The minimum absolute atomic E-state index is 0.0250. The van der Waals surface area contributed by atoms with Crippen molar-refractivity contribution in [3.63, 3.8) is 0 Å². The Morgan fingerprint density at radius 2 is 2.00 bits per heavy atom. The Morgan fingerprint density at radius 1 is 1.19 bits per heavy atom. The van der Waals surface area contributed by atoms with Crippen LogP contribution in [0, 0.1) is 12.8 Å². The highest BCUT2D eigenvalue weighted by Crippen LogP contribution is 2.27. The molecule has 3 aromatic rings. The molecule has 0 bridgehead atoms. The van der Waals surface area contributed by atoms with Crippen LogP contribution in [0.5, 0.6) is 0 Å². The summed E-state index contributed by atoms with van der Waals surface area (Å²) >= 11 is 0. The second-order valence-corrected chi connectivity index (χ2v) is 8.14. The molecule has 0 amide bonds. The number of hydrogen-bond acceptors (Lipinski definition) is 5. The lowest BCUT2D eigenvalue weighted by molar-refractivity contribution is 0.415. The minimum atomic E-state index is -0.0250. The van der Waals surface area contributed by atoms with E-state index in [2.05, 4.69) is 14.9 Å². The third kappa shape index (κ3) is 4.46. The van der Waals surface area contributed by atoms with Crippen molar-refractivity contribution in [3.05, 3.63) is 70.5 Å². The molecule has 4 heterocycles. The summed E-state index contributed by atoms with van der Waals surface area (Å²) in [6.07, 6.45) is 13.5. The fraction of sp³-hybridized carbons (Fsp3) is 0.375. The number of piperidine rings is 1. The van der Waals surface area contributed by atoms with Crippen LogP contribution >= 0.6 is 0 Å². The number of fused-ring (bicyclic) bond motifs is 1. The SMILES string of the molecule is C/N=c1/ccc(C)cn1/C=C/Cn1ccc2c(N3CCC(CN)CC3)cncc2c1=O. The average molecular weight is 419 g/mol. The first-order chi connectivity index (χ1) is 15.1. The second kappa shape index (κ2) is 9.31. The minimum Gasteiger partial charge on any atom is -0.370 e. The second-order valence-electron chi connectivity index (χ2n) is 8.14. The molecule has 3 aromatic heterocycles. The number of hydrogen-bond donors (Lipinski definition) is 1. The fourth-order valence-electron chi connectivity index (χ4n) is 4.20. The van der Waals surface area contributed by atoms with Crippen LogP contribution < -0.4 is 21.7 Å². The number of nitrogens with zero attached hydrogens (tertiary/aromatic N) is 5. The Hall–Kier alpha value is -3.19. The van der Waals surface area contributed by atoms with Crippen LogP contribution in [0.3, 0.4) is 0 Å². The fourth-order valence-corrected chi connectivity index (χ4v) is 4.20. The van der Waals surface area contributed by atoms with Crippen LogP contribution in [0.4, 0.5) is 5.69 Å². The van der Waals surface area contributed by atoms with Crippen molar-refractivity contribution in [1.29, 1.82) is 0 Å². The Balaban J connectivity index is 1.59. The summed E-state index contributed by atoms with van der Waals surface area (Å²) in [4.78, 5) is 24.1. The monoisotopic (exact) mass is 418 g/mol. The standard InChI is InChI=1S/C24H30N6O/c1-18-4-5-23(26-2)30(17-18)10-3-9-29-13-8-20-21(24(29)31)15-27-16-22(20)28-11-6-19(14-25)7-12-28/h3-5,8,10,13,15-17,19H,6-7,9,11-12,14,25H2,1-2H3/b10-3+,26-23-. The molecule has 1 aliphatic heterocycles. The number of allylic oxidation sites excluding steroid dienone is 1. The summed E-state index contributed by atoms with van der Waals surface area (Å²) in [7, 11) is 1.77. The van der Waals surface area contributed by atoms with Gasteiger partial charge in [-0.15, -0.1) is 0 Å². The molecule has 0 unspecified atom stereocenters. The van der Waals surface area contributed by atoms with Gasteiger partial charge in [0.15, 0.2) is 0 Å². The zero-order valence-electron chi connectivity index (χ0n) is 18.2. The molecule has 1 fully saturated rings. The van der Waals surface area contributed by atoms with Crippen molar-refractivity contribution in [2.45, 2.75) is 26.3 Å². The normalized spacial score (nSPS) is 16.0. The summed E-state index contributed by atoms with van der Waals surface area (Å²) in [5, 5.41) is 1.62. The number of pyridine rings is 3. The predicted octanol–water partition coefficient (Wildman–Crippen LogP) is 2.38. The first kappa shape index (κ1) is 21.1. The van der Waals surface area contributed by atoms with E-state index in [4.69, 9.17) is 5.73 Å². The van der Waals surface area contributed by atoms with E-state index in [-0.39, 0.29) is 5.56 Å². The largest absolute Gasteiger partial charge is 0.370 e. The van der Waals surface area contributed by atoms with E-state index < -0.39 is 0 Å². The quantitative estimate of drug-likeness (QED) is 0.690. The smallest absolute Gasteiger partial charge is 0.260 e. The van der Waals surface area contributed by atoms with E-state index in [9.17, 15) is 4.79 Å². The number of aryl methyl sites for hydroxylation is 1. The topological polar surface area (TPSA) is 81.4 Å². The summed E-state index contributed by atoms with van der Waals surface area (Å²) < 4.78 is 3.68. The zero-order chi connectivity index (χ0) is 21.8. The molecule has 31 heavy (non-hydrogen) atoms.